The SMILES string of the molecule is COc1ccc([C@H](CNC(=O)COc2ccccc2F)N2CCOCC2)cc1. The van der Waals surface area contributed by atoms with E-state index in [1.165, 1.54) is 12.1 Å². The van der Waals surface area contributed by atoms with Gasteiger partial charge in [0.2, 0.25) is 0 Å². The number of para-hydroxylation sites is 1. The van der Waals surface area contributed by atoms with Crippen LogP contribution in [0.3, 0.4) is 0 Å². The minimum absolute atomic E-state index is 0.00668. The molecule has 1 atom stereocenters. The highest BCUT2D eigenvalue weighted by Gasteiger charge is 2.23. The second-order valence-electron chi connectivity index (χ2n) is 6.46. The molecule has 0 saturated carbocycles. The number of hydrogen-bond donors (Lipinski definition) is 1. The summed E-state index contributed by atoms with van der Waals surface area (Å²) >= 11 is 0. The van der Waals surface area contributed by atoms with Crippen molar-refractivity contribution in [3.8, 4) is 11.5 Å². The number of benzene rings is 2. The Labute approximate surface area is 164 Å². The van der Waals surface area contributed by atoms with Crippen LogP contribution in [0.1, 0.15) is 11.6 Å². The molecule has 1 saturated heterocycles. The van der Waals surface area contributed by atoms with Gasteiger partial charge in [-0.15, -0.1) is 0 Å². The number of nitrogens with one attached hydrogen (secondary N) is 1. The Morgan fingerprint density at radius 1 is 1.18 bits per heavy atom. The van der Waals surface area contributed by atoms with Gasteiger partial charge in [0, 0.05) is 19.6 Å². The van der Waals surface area contributed by atoms with Crippen LogP contribution in [-0.4, -0.2) is 57.4 Å². The number of rotatable bonds is 8. The Kier molecular flexibility index (Phi) is 7.22. The molecule has 3 rings (SSSR count). The first-order valence-electron chi connectivity index (χ1n) is 9.27. The molecule has 28 heavy (non-hydrogen) atoms. The van der Waals surface area contributed by atoms with Gasteiger partial charge in [-0.2, -0.15) is 0 Å². The van der Waals surface area contributed by atoms with Crippen molar-refractivity contribution in [2.45, 2.75) is 6.04 Å². The van der Waals surface area contributed by atoms with Gasteiger partial charge in [0.25, 0.3) is 5.91 Å². The van der Waals surface area contributed by atoms with Crippen molar-refractivity contribution in [2.24, 2.45) is 0 Å². The van der Waals surface area contributed by atoms with Crippen LogP contribution >= 0.6 is 0 Å². The van der Waals surface area contributed by atoms with Crippen molar-refractivity contribution in [3.05, 3.63) is 59.9 Å². The number of hydrogen-bond acceptors (Lipinski definition) is 5. The molecule has 7 heteroatoms. The monoisotopic (exact) mass is 388 g/mol. The van der Waals surface area contributed by atoms with E-state index in [2.05, 4.69) is 10.2 Å². The third-order valence-corrected chi connectivity index (χ3v) is 4.68. The van der Waals surface area contributed by atoms with Gasteiger partial charge in [0.15, 0.2) is 18.2 Å². The molecular weight excluding hydrogens is 363 g/mol. The zero-order chi connectivity index (χ0) is 19.8. The number of ether oxygens (including phenoxy) is 3. The summed E-state index contributed by atoms with van der Waals surface area (Å²) in [5, 5.41) is 2.90. The summed E-state index contributed by atoms with van der Waals surface area (Å²) < 4.78 is 29.5. The fourth-order valence-corrected chi connectivity index (χ4v) is 3.14. The summed E-state index contributed by atoms with van der Waals surface area (Å²) in [6.45, 7) is 3.09. The summed E-state index contributed by atoms with van der Waals surface area (Å²) in [6.07, 6.45) is 0. The molecule has 0 radical (unpaired) electrons. The van der Waals surface area contributed by atoms with Gasteiger partial charge >= 0.3 is 0 Å². The van der Waals surface area contributed by atoms with E-state index in [1.807, 2.05) is 24.3 Å². The Morgan fingerprint density at radius 3 is 2.57 bits per heavy atom. The Balaban J connectivity index is 1.60. The normalized spacial score (nSPS) is 15.6. The van der Waals surface area contributed by atoms with Crippen LogP contribution in [0.5, 0.6) is 11.5 Å². The van der Waals surface area contributed by atoms with Gasteiger partial charge in [0.05, 0.1) is 26.4 Å². The molecule has 0 bridgehead atoms. The fraction of sp³-hybridized carbons (Fsp3) is 0.381. The van der Waals surface area contributed by atoms with Crippen LogP contribution in [0.25, 0.3) is 0 Å². The summed E-state index contributed by atoms with van der Waals surface area (Å²) in [6, 6.07) is 13.9. The number of methoxy groups -OCH3 is 1. The minimum atomic E-state index is -0.486. The van der Waals surface area contributed by atoms with Crippen LogP contribution in [0.2, 0.25) is 0 Å². The lowest BCUT2D eigenvalue weighted by atomic mass is 10.0. The van der Waals surface area contributed by atoms with Gasteiger partial charge in [-0.05, 0) is 29.8 Å². The number of carbonyl (C=O) groups excluding carboxylic acids is 1. The average molecular weight is 388 g/mol. The summed E-state index contributed by atoms with van der Waals surface area (Å²) in [5.74, 6) is 0.0686. The number of carbonyl (C=O) groups is 1. The molecule has 0 spiro atoms. The van der Waals surface area contributed by atoms with Gasteiger partial charge in [-0.25, -0.2) is 4.39 Å². The van der Waals surface area contributed by atoms with Crippen molar-refractivity contribution >= 4 is 5.91 Å². The maximum Gasteiger partial charge on any atom is 0.258 e. The zero-order valence-corrected chi connectivity index (χ0v) is 15.9. The van der Waals surface area contributed by atoms with E-state index in [4.69, 9.17) is 14.2 Å². The molecule has 1 aliphatic heterocycles. The van der Waals surface area contributed by atoms with Gasteiger partial charge in [0.1, 0.15) is 5.75 Å². The maximum atomic E-state index is 13.6. The van der Waals surface area contributed by atoms with Gasteiger partial charge in [-0.1, -0.05) is 24.3 Å². The van der Waals surface area contributed by atoms with Crippen LogP contribution < -0.4 is 14.8 Å². The van der Waals surface area contributed by atoms with Crippen LogP contribution in [0.15, 0.2) is 48.5 Å². The second-order valence-corrected chi connectivity index (χ2v) is 6.46. The molecule has 1 heterocycles. The fourth-order valence-electron chi connectivity index (χ4n) is 3.14. The predicted octanol–water partition coefficient (Wildman–Crippen LogP) is 2.40. The lowest BCUT2D eigenvalue weighted by Crippen LogP contribution is -2.44. The van der Waals surface area contributed by atoms with E-state index in [1.54, 1.807) is 19.2 Å². The third-order valence-electron chi connectivity index (χ3n) is 4.68. The topological polar surface area (TPSA) is 60.0 Å². The first kappa shape index (κ1) is 20.1. The largest absolute Gasteiger partial charge is 0.497 e. The maximum absolute atomic E-state index is 13.6. The van der Waals surface area contributed by atoms with Crippen molar-refractivity contribution < 1.29 is 23.4 Å². The predicted molar refractivity (Wildman–Crippen MR) is 103 cm³/mol. The molecule has 150 valence electrons. The Hall–Kier alpha value is -2.64. The van der Waals surface area contributed by atoms with E-state index in [0.717, 1.165) is 24.4 Å². The lowest BCUT2D eigenvalue weighted by molar-refractivity contribution is -0.123. The molecule has 1 amide bonds. The molecule has 2 aromatic rings. The summed E-state index contributed by atoms with van der Waals surface area (Å²) in [5.41, 5.74) is 1.08. The highest BCUT2D eigenvalue weighted by molar-refractivity contribution is 5.77. The van der Waals surface area contributed by atoms with Gasteiger partial charge < -0.3 is 19.5 Å². The van der Waals surface area contributed by atoms with Crippen LogP contribution in [0, 0.1) is 5.82 Å². The van der Waals surface area contributed by atoms with Crippen LogP contribution in [-0.2, 0) is 9.53 Å². The third kappa shape index (κ3) is 5.43. The van der Waals surface area contributed by atoms with E-state index >= 15 is 0 Å². The summed E-state index contributed by atoms with van der Waals surface area (Å²) in [7, 11) is 1.63. The quantitative estimate of drug-likeness (QED) is 0.753. The van der Waals surface area contributed by atoms with E-state index < -0.39 is 5.82 Å². The number of nitrogens with zero attached hydrogens (tertiary/aromatic N) is 1. The molecule has 1 aliphatic rings. The lowest BCUT2D eigenvalue weighted by Gasteiger charge is -2.35. The molecule has 6 nitrogen and oxygen atoms in total. The van der Waals surface area contributed by atoms with Crippen molar-refractivity contribution in [2.75, 3.05) is 46.6 Å². The Morgan fingerprint density at radius 2 is 1.89 bits per heavy atom. The van der Waals surface area contributed by atoms with E-state index in [-0.39, 0.29) is 24.3 Å². The molecule has 2 aromatic carbocycles. The highest BCUT2D eigenvalue weighted by Crippen LogP contribution is 2.23. The first-order valence-corrected chi connectivity index (χ1v) is 9.27. The van der Waals surface area contributed by atoms with Crippen molar-refractivity contribution in [1.82, 2.24) is 10.2 Å². The molecular formula is C21H25FN2O4. The molecule has 0 aliphatic carbocycles. The van der Waals surface area contributed by atoms with Crippen molar-refractivity contribution in [1.29, 1.82) is 0 Å². The molecule has 1 N–H and O–H groups in total. The van der Waals surface area contributed by atoms with Crippen LogP contribution in [0.4, 0.5) is 4.39 Å². The second kappa shape index (κ2) is 10.1. The summed E-state index contributed by atoms with van der Waals surface area (Å²) in [4.78, 5) is 14.5. The zero-order valence-electron chi connectivity index (χ0n) is 15.9. The van der Waals surface area contributed by atoms with E-state index in [9.17, 15) is 9.18 Å². The molecule has 1 fully saturated rings. The van der Waals surface area contributed by atoms with Crippen molar-refractivity contribution in [3.63, 3.8) is 0 Å². The van der Waals surface area contributed by atoms with E-state index in [0.29, 0.717) is 19.8 Å². The smallest absolute Gasteiger partial charge is 0.258 e. The van der Waals surface area contributed by atoms with Gasteiger partial charge in [-0.3, -0.25) is 9.69 Å². The number of morpholine rings is 1. The number of halogens is 1. The highest BCUT2D eigenvalue weighted by atomic mass is 19.1. The number of amides is 1. The average Bonchev–Trinajstić information content (AvgIpc) is 2.74. The standard InChI is InChI=1S/C21H25FN2O4/c1-26-17-8-6-16(7-9-17)19(24-10-12-27-13-11-24)14-23-21(25)15-28-20-5-3-2-4-18(20)22/h2-9,19H,10-15H2,1H3,(H,23,25)/t19-/m0/s1. The first-order chi connectivity index (χ1) is 13.7. The minimum Gasteiger partial charge on any atom is -0.497 e. The Bertz CT molecular complexity index is 763. The molecule has 0 unspecified atom stereocenters. The molecule has 0 aromatic heterocycles.